The van der Waals surface area contributed by atoms with Crippen molar-refractivity contribution in [2.24, 2.45) is 5.92 Å². The Kier molecular flexibility index (Phi) is 4.53. The zero-order valence-electron chi connectivity index (χ0n) is 11.3. The molecule has 2 rings (SSSR count). The minimum atomic E-state index is 0.238. The van der Waals surface area contributed by atoms with Crippen LogP contribution in [0.5, 0.6) is 0 Å². The van der Waals surface area contributed by atoms with Crippen LogP contribution in [0.25, 0.3) is 0 Å². The average molecular weight is 255 g/mol. The number of rotatable bonds is 2. The fourth-order valence-electron chi connectivity index (χ4n) is 3.35. The van der Waals surface area contributed by atoms with Gasteiger partial charge in [-0.2, -0.15) is 11.8 Å². The number of ketones is 1. The standard InChI is InChI=1S/C14H25NOS/c1-10-11(2)15(9-8-14(10)16)12-4-6-13(17-3)7-5-12/h10-13H,4-9H2,1-3H3. The Labute approximate surface area is 110 Å². The molecule has 1 saturated heterocycles. The lowest BCUT2D eigenvalue weighted by Gasteiger charge is -2.44. The van der Waals surface area contributed by atoms with Crippen molar-refractivity contribution in [1.82, 2.24) is 4.90 Å². The second-order valence-electron chi connectivity index (χ2n) is 5.65. The van der Waals surface area contributed by atoms with Gasteiger partial charge in [-0.1, -0.05) is 6.92 Å². The molecule has 0 radical (unpaired) electrons. The first kappa shape index (κ1) is 13.4. The highest BCUT2D eigenvalue weighted by Gasteiger charge is 2.35. The lowest BCUT2D eigenvalue weighted by atomic mass is 9.85. The van der Waals surface area contributed by atoms with E-state index in [0.29, 0.717) is 11.8 Å². The maximum atomic E-state index is 11.7. The van der Waals surface area contributed by atoms with Crippen molar-refractivity contribution >= 4 is 17.5 Å². The van der Waals surface area contributed by atoms with E-state index in [0.717, 1.165) is 24.3 Å². The van der Waals surface area contributed by atoms with Gasteiger partial charge in [0.05, 0.1) is 0 Å². The van der Waals surface area contributed by atoms with Crippen molar-refractivity contribution in [2.45, 2.75) is 63.3 Å². The molecule has 98 valence electrons. The molecule has 0 aromatic rings. The Morgan fingerprint density at radius 3 is 2.41 bits per heavy atom. The summed E-state index contributed by atoms with van der Waals surface area (Å²) in [6.45, 7) is 5.34. The van der Waals surface area contributed by atoms with E-state index in [1.807, 2.05) is 11.8 Å². The van der Waals surface area contributed by atoms with Crippen molar-refractivity contribution in [3.63, 3.8) is 0 Å². The number of carbonyl (C=O) groups is 1. The molecule has 0 aromatic carbocycles. The average Bonchev–Trinajstić information content (AvgIpc) is 2.36. The molecule has 17 heavy (non-hydrogen) atoms. The molecule has 2 nitrogen and oxygen atoms in total. The molecule has 0 aromatic heterocycles. The molecule has 2 unspecified atom stereocenters. The maximum absolute atomic E-state index is 11.7. The molecule has 0 bridgehead atoms. The van der Waals surface area contributed by atoms with Gasteiger partial charge in [-0.05, 0) is 38.9 Å². The Balaban J connectivity index is 1.92. The number of hydrogen-bond acceptors (Lipinski definition) is 3. The van der Waals surface area contributed by atoms with Crippen LogP contribution < -0.4 is 0 Å². The van der Waals surface area contributed by atoms with Gasteiger partial charge in [-0.25, -0.2) is 0 Å². The third-order valence-electron chi connectivity index (χ3n) is 4.82. The number of hydrogen-bond donors (Lipinski definition) is 0. The van der Waals surface area contributed by atoms with Gasteiger partial charge in [0.15, 0.2) is 0 Å². The molecule has 1 aliphatic carbocycles. The quantitative estimate of drug-likeness (QED) is 0.756. The lowest BCUT2D eigenvalue weighted by Crippen LogP contribution is -2.52. The summed E-state index contributed by atoms with van der Waals surface area (Å²) >= 11 is 2.02. The van der Waals surface area contributed by atoms with E-state index < -0.39 is 0 Å². The van der Waals surface area contributed by atoms with Crippen LogP contribution in [-0.4, -0.2) is 40.8 Å². The van der Waals surface area contributed by atoms with Gasteiger partial charge >= 0.3 is 0 Å². The minimum absolute atomic E-state index is 0.238. The van der Waals surface area contributed by atoms with Gasteiger partial charge < -0.3 is 0 Å². The van der Waals surface area contributed by atoms with Gasteiger partial charge in [-0.3, -0.25) is 9.69 Å². The molecule has 0 spiro atoms. The Morgan fingerprint density at radius 2 is 1.82 bits per heavy atom. The van der Waals surface area contributed by atoms with E-state index in [2.05, 4.69) is 25.0 Å². The first-order valence-corrected chi connectivity index (χ1v) is 8.23. The summed E-state index contributed by atoms with van der Waals surface area (Å²) in [5.41, 5.74) is 0. The van der Waals surface area contributed by atoms with Gasteiger partial charge in [-0.15, -0.1) is 0 Å². The second kappa shape index (κ2) is 5.75. The number of likely N-dealkylation sites (tertiary alicyclic amines) is 1. The van der Waals surface area contributed by atoms with Crippen molar-refractivity contribution in [1.29, 1.82) is 0 Å². The zero-order valence-corrected chi connectivity index (χ0v) is 12.1. The Bertz CT molecular complexity index is 273. The van der Waals surface area contributed by atoms with Crippen molar-refractivity contribution in [3.8, 4) is 0 Å². The Hall–Kier alpha value is -0.0200. The van der Waals surface area contributed by atoms with Crippen LogP contribution in [-0.2, 0) is 4.79 Å². The van der Waals surface area contributed by atoms with E-state index in [1.165, 1.54) is 25.7 Å². The molecule has 0 amide bonds. The molecule has 1 saturated carbocycles. The topological polar surface area (TPSA) is 20.3 Å². The number of piperidine rings is 1. The van der Waals surface area contributed by atoms with Gasteiger partial charge in [0.2, 0.25) is 0 Å². The maximum Gasteiger partial charge on any atom is 0.138 e. The summed E-state index contributed by atoms with van der Waals surface area (Å²) in [5, 5.41) is 0.880. The van der Waals surface area contributed by atoms with E-state index >= 15 is 0 Å². The number of thioether (sulfide) groups is 1. The third-order valence-corrected chi connectivity index (χ3v) is 5.96. The van der Waals surface area contributed by atoms with Crippen molar-refractivity contribution in [3.05, 3.63) is 0 Å². The smallest absolute Gasteiger partial charge is 0.138 e. The van der Waals surface area contributed by atoms with Crippen LogP contribution in [0.3, 0.4) is 0 Å². The number of nitrogens with zero attached hydrogens (tertiary/aromatic N) is 1. The van der Waals surface area contributed by atoms with Crippen molar-refractivity contribution < 1.29 is 4.79 Å². The largest absolute Gasteiger partial charge is 0.299 e. The molecule has 2 aliphatic rings. The summed E-state index contributed by atoms with van der Waals surface area (Å²) in [7, 11) is 0. The highest BCUT2D eigenvalue weighted by atomic mass is 32.2. The zero-order chi connectivity index (χ0) is 12.4. The SMILES string of the molecule is CSC1CCC(N2CCC(=O)C(C)C2C)CC1. The van der Waals surface area contributed by atoms with Gasteiger partial charge in [0.25, 0.3) is 0 Å². The van der Waals surface area contributed by atoms with Crippen LogP contribution in [0.15, 0.2) is 0 Å². The summed E-state index contributed by atoms with van der Waals surface area (Å²) in [6, 6.07) is 1.19. The van der Waals surface area contributed by atoms with Crippen LogP contribution >= 0.6 is 11.8 Å². The Morgan fingerprint density at radius 1 is 1.18 bits per heavy atom. The van der Waals surface area contributed by atoms with Crippen LogP contribution in [0.1, 0.15) is 46.0 Å². The van der Waals surface area contributed by atoms with Gasteiger partial charge in [0.1, 0.15) is 5.78 Å². The summed E-state index contributed by atoms with van der Waals surface area (Å²) in [6.07, 6.45) is 8.38. The summed E-state index contributed by atoms with van der Waals surface area (Å²) in [5.74, 6) is 0.702. The molecular weight excluding hydrogens is 230 g/mol. The van der Waals surface area contributed by atoms with E-state index in [-0.39, 0.29) is 5.92 Å². The third kappa shape index (κ3) is 2.87. The lowest BCUT2D eigenvalue weighted by molar-refractivity contribution is -0.129. The predicted octanol–water partition coefficient (Wildman–Crippen LogP) is 2.96. The normalized spacial score (nSPS) is 40.5. The molecule has 2 fully saturated rings. The molecule has 1 heterocycles. The minimum Gasteiger partial charge on any atom is -0.299 e. The molecule has 1 aliphatic heterocycles. The number of carbonyl (C=O) groups excluding carboxylic acids is 1. The highest BCUT2D eigenvalue weighted by molar-refractivity contribution is 7.99. The van der Waals surface area contributed by atoms with E-state index in [9.17, 15) is 4.79 Å². The fraction of sp³-hybridized carbons (Fsp3) is 0.929. The van der Waals surface area contributed by atoms with Crippen LogP contribution in [0, 0.1) is 5.92 Å². The molecular formula is C14H25NOS. The van der Waals surface area contributed by atoms with Gasteiger partial charge in [0, 0.05) is 36.2 Å². The first-order chi connectivity index (χ1) is 8.13. The van der Waals surface area contributed by atoms with E-state index in [1.54, 1.807) is 0 Å². The fourth-order valence-corrected chi connectivity index (χ4v) is 4.10. The molecule has 2 atom stereocenters. The number of Topliss-reactive ketones (excluding diaryl/α,β-unsaturated/α-hetero) is 1. The molecule has 0 N–H and O–H groups in total. The summed E-state index contributed by atoms with van der Waals surface area (Å²) < 4.78 is 0. The second-order valence-corrected chi connectivity index (χ2v) is 6.79. The monoisotopic (exact) mass is 255 g/mol. The summed E-state index contributed by atoms with van der Waals surface area (Å²) in [4.78, 5) is 14.3. The van der Waals surface area contributed by atoms with E-state index in [4.69, 9.17) is 0 Å². The highest BCUT2D eigenvalue weighted by Crippen LogP contribution is 2.33. The van der Waals surface area contributed by atoms with Crippen LogP contribution in [0.4, 0.5) is 0 Å². The predicted molar refractivity (Wildman–Crippen MR) is 74.5 cm³/mol. The van der Waals surface area contributed by atoms with Crippen molar-refractivity contribution in [2.75, 3.05) is 12.8 Å². The van der Waals surface area contributed by atoms with Crippen LogP contribution in [0.2, 0.25) is 0 Å². The first-order valence-electron chi connectivity index (χ1n) is 6.94. The molecule has 3 heteroatoms.